The van der Waals surface area contributed by atoms with Crippen molar-refractivity contribution >= 4 is 52.9 Å². The molecule has 110 valence electrons. The number of rotatable bonds is 8. The fourth-order valence-electron chi connectivity index (χ4n) is 1.57. The van der Waals surface area contributed by atoms with Gasteiger partial charge in [0.05, 0.1) is 8.67 Å². The SMILES string of the molecule is Cl.NCCCCNC(=O)CCCc1cc(Cl)sc1Cl. The molecule has 0 atom stereocenters. The molecule has 19 heavy (non-hydrogen) atoms. The molecule has 0 aliphatic carbocycles. The monoisotopic (exact) mass is 344 g/mol. The highest BCUT2D eigenvalue weighted by molar-refractivity contribution is 7.20. The van der Waals surface area contributed by atoms with E-state index in [0.29, 0.717) is 23.8 Å². The Kier molecular flexibility index (Phi) is 10.7. The Morgan fingerprint density at radius 1 is 1.32 bits per heavy atom. The van der Waals surface area contributed by atoms with Crippen LogP contribution < -0.4 is 11.1 Å². The van der Waals surface area contributed by atoms with Crippen LogP contribution in [-0.2, 0) is 11.2 Å². The fraction of sp³-hybridized carbons (Fsp3) is 0.583. The first-order valence-electron chi connectivity index (χ1n) is 6.04. The fourth-order valence-corrected chi connectivity index (χ4v) is 3.11. The Hall–Kier alpha value is -0.0000000000000000555. The molecule has 0 aliphatic heterocycles. The molecular weight excluding hydrogens is 327 g/mol. The topological polar surface area (TPSA) is 55.1 Å². The number of halogens is 3. The molecule has 0 saturated heterocycles. The van der Waals surface area contributed by atoms with E-state index in [4.69, 9.17) is 28.9 Å². The molecule has 0 saturated carbocycles. The van der Waals surface area contributed by atoms with Crippen LogP contribution in [0.25, 0.3) is 0 Å². The van der Waals surface area contributed by atoms with Crippen molar-refractivity contribution in [1.82, 2.24) is 5.32 Å². The first-order valence-corrected chi connectivity index (χ1v) is 7.61. The van der Waals surface area contributed by atoms with E-state index in [1.54, 1.807) is 0 Å². The lowest BCUT2D eigenvalue weighted by Gasteiger charge is -2.04. The molecule has 0 unspecified atom stereocenters. The Morgan fingerprint density at radius 3 is 2.63 bits per heavy atom. The number of unbranched alkanes of at least 4 members (excludes halogenated alkanes) is 1. The maximum absolute atomic E-state index is 11.5. The molecule has 0 spiro atoms. The molecule has 1 amide bonds. The Bertz CT molecular complexity index is 385. The molecule has 0 aliphatic rings. The van der Waals surface area contributed by atoms with Gasteiger partial charge in [0, 0.05) is 13.0 Å². The predicted molar refractivity (Wildman–Crippen MR) is 85.8 cm³/mol. The largest absolute Gasteiger partial charge is 0.356 e. The second kappa shape index (κ2) is 10.7. The van der Waals surface area contributed by atoms with Gasteiger partial charge in [-0.1, -0.05) is 23.2 Å². The lowest BCUT2D eigenvalue weighted by atomic mass is 10.1. The van der Waals surface area contributed by atoms with Crippen LogP contribution >= 0.6 is 46.9 Å². The van der Waals surface area contributed by atoms with Gasteiger partial charge in [-0.15, -0.1) is 23.7 Å². The molecule has 0 aromatic carbocycles. The maximum Gasteiger partial charge on any atom is 0.220 e. The highest BCUT2D eigenvalue weighted by Crippen LogP contribution is 2.31. The van der Waals surface area contributed by atoms with Crippen molar-refractivity contribution in [2.24, 2.45) is 5.73 Å². The van der Waals surface area contributed by atoms with Gasteiger partial charge in [-0.25, -0.2) is 0 Å². The summed E-state index contributed by atoms with van der Waals surface area (Å²) < 4.78 is 1.42. The van der Waals surface area contributed by atoms with Crippen molar-refractivity contribution in [2.45, 2.75) is 32.1 Å². The van der Waals surface area contributed by atoms with Crippen molar-refractivity contribution in [3.8, 4) is 0 Å². The summed E-state index contributed by atoms with van der Waals surface area (Å²) in [5, 5.41) is 2.87. The van der Waals surface area contributed by atoms with Gasteiger partial charge < -0.3 is 11.1 Å². The van der Waals surface area contributed by atoms with Crippen LogP contribution in [-0.4, -0.2) is 19.0 Å². The number of hydrogen-bond acceptors (Lipinski definition) is 3. The summed E-state index contributed by atoms with van der Waals surface area (Å²) in [7, 11) is 0. The van der Waals surface area contributed by atoms with Gasteiger partial charge >= 0.3 is 0 Å². The molecule has 3 N–H and O–H groups in total. The summed E-state index contributed by atoms with van der Waals surface area (Å²) in [5.41, 5.74) is 6.40. The van der Waals surface area contributed by atoms with Gasteiger partial charge in [-0.05, 0) is 43.9 Å². The summed E-state index contributed by atoms with van der Waals surface area (Å²) in [5.74, 6) is 0.0875. The van der Waals surface area contributed by atoms with Crippen LogP contribution in [0.5, 0.6) is 0 Å². The number of hydrogen-bond donors (Lipinski definition) is 2. The van der Waals surface area contributed by atoms with Crippen molar-refractivity contribution in [1.29, 1.82) is 0 Å². The van der Waals surface area contributed by atoms with Crippen LogP contribution in [0.15, 0.2) is 6.07 Å². The van der Waals surface area contributed by atoms with E-state index in [0.717, 1.165) is 35.6 Å². The van der Waals surface area contributed by atoms with E-state index in [2.05, 4.69) is 5.32 Å². The number of nitrogens with one attached hydrogen (secondary N) is 1. The number of amides is 1. The standard InChI is InChI=1S/C12H18Cl2N2OS.ClH/c13-10-8-9(12(14)18-10)4-3-5-11(17)16-7-2-1-6-15;/h8H,1-7,15H2,(H,16,17);1H. The third-order valence-electron chi connectivity index (χ3n) is 2.53. The van der Waals surface area contributed by atoms with Crippen molar-refractivity contribution in [3.05, 3.63) is 20.3 Å². The normalized spacial score (nSPS) is 10.1. The van der Waals surface area contributed by atoms with E-state index in [1.807, 2.05) is 6.07 Å². The number of nitrogens with two attached hydrogens (primary N) is 1. The highest BCUT2D eigenvalue weighted by atomic mass is 35.5. The predicted octanol–water partition coefficient (Wildman–Crippen LogP) is 3.65. The zero-order valence-electron chi connectivity index (χ0n) is 10.6. The van der Waals surface area contributed by atoms with Crippen molar-refractivity contribution < 1.29 is 4.79 Å². The first kappa shape index (κ1) is 19.0. The summed E-state index contributed by atoms with van der Waals surface area (Å²) >= 11 is 13.2. The molecule has 1 rings (SSSR count). The smallest absolute Gasteiger partial charge is 0.220 e. The molecule has 0 radical (unpaired) electrons. The summed E-state index contributed by atoms with van der Waals surface area (Å²) in [6.45, 7) is 1.38. The lowest BCUT2D eigenvalue weighted by molar-refractivity contribution is -0.121. The molecule has 1 heterocycles. The minimum atomic E-state index is 0. The van der Waals surface area contributed by atoms with Gasteiger partial charge in [-0.2, -0.15) is 0 Å². The lowest BCUT2D eigenvalue weighted by Crippen LogP contribution is -2.24. The molecular formula is C12H19Cl3N2OS. The van der Waals surface area contributed by atoms with E-state index in [-0.39, 0.29) is 18.3 Å². The van der Waals surface area contributed by atoms with Crippen LogP contribution in [0.2, 0.25) is 8.67 Å². The van der Waals surface area contributed by atoms with Crippen molar-refractivity contribution in [3.63, 3.8) is 0 Å². The zero-order chi connectivity index (χ0) is 13.4. The third kappa shape index (κ3) is 8.00. The van der Waals surface area contributed by atoms with E-state index < -0.39 is 0 Å². The summed E-state index contributed by atoms with van der Waals surface area (Å²) in [4.78, 5) is 11.5. The maximum atomic E-state index is 11.5. The minimum Gasteiger partial charge on any atom is -0.356 e. The highest BCUT2D eigenvalue weighted by Gasteiger charge is 2.07. The average Bonchev–Trinajstić information content (AvgIpc) is 2.64. The second-order valence-corrected chi connectivity index (χ2v) is 6.33. The Labute approximate surface area is 134 Å². The number of carbonyl (C=O) groups is 1. The quantitative estimate of drug-likeness (QED) is 0.707. The van der Waals surface area contributed by atoms with Crippen LogP contribution in [0, 0.1) is 0 Å². The van der Waals surface area contributed by atoms with E-state index in [1.165, 1.54) is 11.3 Å². The third-order valence-corrected chi connectivity index (χ3v) is 4.10. The zero-order valence-corrected chi connectivity index (χ0v) is 13.7. The average molecular weight is 346 g/mol. The molecule has 1 aromatic heterocycles. The summed E-state index contributed by atoms with van der Waals surface area (Å²) in [6.07, 6.45) is 3.98. The number of thiophene rings is 1. The van der Waals surface area contributed by atoms with Gasteiger partial charge in [0.1, 0.15) is 0 Å². The van der Waals surface area contributed by atoms with Gasteiger partial charge in [0.15, 0.2) is 0 Å². The van der Waals surface area contributed by atoms with Crippen molar-refractivity contribution in [2.75, 3.05) is 13.1 Å². The van der Waals surface area contributed by atoms with Crippen LogP contribution in [0.3, 0.4) is 0 Å². The molecule has 7 heteroatoms. The van der Waals surface area contributed by atoms with Gasteiger partial charge in [0.2, 0.25) is 5.91 Å². The van der Waals surface area contributed by atoms with Gasteiger partial charge in [0.25, 0.3) is 0 Å². The summed E-state index contributed by atoms with van der Waals surface area (Å²) in [6, 6.07) is 1.87. The van der Waals surface area contributed by atoms with E-state index >= 15 is 0 Å². The molecule has 3 nitrogen and oxygen atoms in total. The number of aryl methyl sites for hydroxylation is 1. The number of carbonyl (C=O) groups excluding carboxylic acids is 1. The molecule has 0 fully saturated rings. The van der Waals surface area contributed by atoms with Crippen LogP contribution in [0.1, 0.15) is 31.2 Å². The molecule has 1 aromatic rings. The Morgan fingerprint density at radius 2 is 2.05 bits per heavy atom. The van der Waals surface area contributed by atoms with E-state index in [9.17, 15) is 4.79 Å². The molecule has 0 bridgehead atoms. The van der Waals surface area contributed by atoms with Crippen LogP contribution in [0.4, 0.5) is 0 Å². The minimum absolute atomic E-state index is 0. The first-order chi connectivity index (χ1) is 8.63. The second-order valence-electron chi connectivity index (χ2n) is 4.05. The van der Waals surface area contributed by atoms with Gasteiger partial charge in [-0.3, -0.25) is 4.79 Å². The Balaban J connectivity index is 0.00000324.